The number of amides is 1. The molecule has 0 atom stereocenters. The van der Waals surface area contributed by atoms with Crippen molar-refractivity contribution in [3.05, 3.63) is 35.6 Å². The standard InChI is InChI=1S/C15H20FNO2/c1-11(2)19-10-9-17-14(18)15(7-8-15)12-5-3-4-6-13(12)16/h3-6,11H,7-10H2,1-2H3,(H,17,18). The molecule has 1 saturated carbocycles. The van der Waals surface area contributed by atoms with Crippen molar-refractivity contribution in [2.24, 2.45) is 0 Å². The minimum Gasteiger partial charge on any atom is -0.377 e. The Morgan fingerprint density at radius 2 is 2.11 bits per heavy atom. The van der Waals surface area contributed by atoms with Crippen molar-refractivity contribution in [2.75, 3.05) is 13.2 Å². The molecule has 1 fully saturated rings. The van der Waals surface area contributed by atoms with E-state index >= 15 is 0 Å². The van der Waals surface area contributed by atoms with E-state index in [1.54, 1.807) is 18.2 Å². The molecule has 1 aliphatic carbocycles. The molecule has 0 radical (unpaired) electrons. The second-order valence-corrected chi connectivity index (χ2v) is 5.24. The van der Waals surface area contributed by atoms with Crippen LogP contribution < -0.4 is 5.32 Å². The molecule has 0 unspecified atom stereocenters. The predicted octanol–water partition coefficient (Wildman–Crippen LogP) is 2.40. The summed E-state index contributed by atoms with van der Waals surface area (Å²) in [5, 5.41) is 2.84. The smallest absolute Gasteiger partial charge is 0.230 e. The third-order valence-electron chi connectivity index (χ3n) is 3.41. The van der Waals surface area contributed by atoms with E-state index in [4.69, 9.17) is 4.74 Å². The average molecular weight is 265 g/mol. The molecule has 0 bridgehead atoms. The van der Waals surface area contributed by atoms with Crippen molar-refractivity contribution < 1.29 is 13.9 Å². The van der Waals surface area contributed by atoms with E-state index in [-0.39, 0.29) is 17.8 Å². The summed E-state index contributed by atoms with van der Waals surface area (Å²) in [4.78, 5) is 12.2. The molecular formula is C15H20FNO2. The topological polar surface area (TPSA) is 38.3 Å². The highest BCUT2D eigenvalue weighted by Crippen LogP contribution is 2.49. The van der Waals surface area contributed by atoms with Gasteiger partial charge in [0.05, 0.1) is 18.1 Å². The summed E-state index contributed by atoms with van der Waals surface area (Å²) in [5.74, 6) is -0.390. The largest absolute Gasteiger partial charge is 0.377 e. The van der Waals surface area contributed by atoms with E-state index in [0.717, 1.165) is 0 Å². The fraction of sp³-hybridized carbons (Fsp3) is 0.533. The predicted molar refractivity (Wildman–Crippen MR) is 71.4 cm³/mol. The van der Waals surface area contributed by atoms with Crippen LogP contribution in [0.3, 0.4) is 0 Å². The molecule has 19 heavy (non-hydrogen) atoms. The minimum absolute atomic E-state index is 0.0926. The number of carbonyl (C=O) groups is 1. The zero-order chi connectivity index (χ0) is 13.9. The third-order valence-corrected chi connectivity index (χ3v) is 3.41. The first kappa shape index (κ1) is 14.0. The van der Waals surface area contributed by atoms with E-state index in [1.165, 1.54) is 6.07 Å². The van der Waals surface area contributed by atoms with Gasteiger partial charge in [-0.25, -0.2) is 4.39 Å². The van der Waals surface area contributed by atoms with Crippen LogP contribution in [0.5, 0.6) is 0 Å². The van der Waals surface area contributed by atoms with Gasteiger partial charge in [0.15, 0.2) is 0 Å². The average Bonchev–Trinajstić information content (AvgIpc) is 3.16. The first-order chi connectivity index (χ1) is 9.06. The van der Waals surface area contributed by atoms with E-state index in [2.05, 4.69) is 5.32 Å². The fourth-order valence-corrected chi connectivity index (χ4v) is 2.22. The Bertz CT molecular complexity index is 455. The Morgan fingerprint density at radius 3 is 2.68 bits per heavy atom. The highest BCUT2D eigenvalue weighted by molar-refractivity contribution is 5.91. The summed E-state index contributed by atoms with van der Waals surface area (Å²) >= 11 is 0. The number of rotatable bonds is 6. The summed E-state index contributed by atoms with van der Waals surface area (Å²) in [7, 11) is 0. The minimum atomic E-state index is -0.650. The van der Waals surface area contributed by atoms with Crippen LogP contribution >= 0.6 is 0 Å². The Kier molecular flexibility index (Phi) is 4.20. The summed E-state index contributed by atoms with van der Waals surface area (Å²) in [6, 6.07) is 6.52. The van der Waals surface area contributed by atoms with Gasteiger partial charge in [-0.05, 0) is 32.8 Å². The van der Waals surface area contributed by atoms with E-state index in [0.29, 0.717) is 31.6 Å². The molecule has 0 aromatic heterocycles. The maximum Gasteiger partial charge on any atom is 0.230 e. The van der Waals surface area contributed by atoms with Crippen molar-refractivity contribution in [3.63, 3.8) is 0 Å². The van der Waals surface area contributed by atoms with Crippen LogP contribution in [0.1, 0.15) is 32.3 Å². The van der Waals surface area contributed by atoms with Crippen LogP contribution in [-0.4, -0.2) is 25.2 Å². The lowest BCUT2D eigenvalue weighted by atomic mass is 9.94. The van der Waals surface area contributed by atoms with Crippen LogP contribution in [0.2, 0.25) is 0 Å². The maximum atomic E-state index is 13.8. The van der Waals surface area contributed by atoms with Gasteiger partial charge in [-0.1, -0.05) is 18.2 Å². The Balaban J connectivity index is 1.94. The van der Waals surface area contributed by atoms with Gasteiger partial charge in [0.25, 0.3) is 0 Å². The zero-order valence-corrected chi connectivity index (χ0v) is 11.4. The van der Waals surface area contributed by atoms with Gasteiger partial charge in [-0.15, -0.1) is 0 Å². The SMILES string of the molecule is CC(C)OCCNC(=O)C1(c2ccccc2F)CC1. The molecule has 1 aromatic rings. The lowest BCUT2D eigenvalue weighted by Crippen LogP contribution is -2.37. The van der Waals surface area contributed by atoms with Gasteiger partial charge in [0, 0.05) is 12.1 Å². The van der Waals surface area contributed by atoms with Gasteiger partial charge in [0.2, 0.25) is 5.91 Å². The molecule has 2 rings (SSSR count). The van der Waals surface area contributed by atoms with Crippen LogP contribution in [0, 0.1) is 5.82 Å². The van der Waals surface area contributed by atoms with Crippen LogP contribution in [0.4, 0.5) is 4.39 Å². The second-order valence-electron chi connectivity index (χ2n) is 5.24. The van der Waals surface area contributed by atoms with Crippen LogP contribution in [0.25, 0.3) is 0 Å². The molecule has 0 heterocycles. The summed E-state index contributed by atoms with van der Waals surface area (Å²) in [6.45, 7) is 4.84. The van der Waals surface area contributed by atoms with Crippen molar-refractivity contribution in [3.8, 4) is 0 Å². The maximum absolute atomic E-state index is 13.8. The highest BCUT2D eigenvalue weighted by atomic mass is 19.1. The third kappa shape index (κ3) is 3.13. The number of hydrogen-bond donors (Lipinski definition) is 1. The van der Waals surface area contributed by atoms with E-state index in [1.807, 2.05) is 13.8 Å². The number of nitrogens with one attached hydrogen (secondary N) is 1. The van der Waals surface area contributed by atoms with Crippen LogP contribution in [-0.2, 0) is 14.9 Å². The number of hydrogen-bond acceptors (Lipinski definition) is 2. The summed E-state index contributed by atoms with van der Waals surface area (Å²) in [6.07, 6.45) is 1.58. The molecule has 1 aliphatic rings. The molecule has 1 amide bonds. The quantitative estimate of drug-likeness (QED) is 0.802. The molecule has 104 valence electrons. The number of ether oxygens (including phenoxy) is 1. The van der Waals surface area contributed by atoms with Crippen molar-refractivity contribution >= 4 is 5.91 Å². The highest BCUT2D eigenvalue weighted by Gasteiger charge is 2.52. The van der Waals surface area contributed by atoms with Crippen LogP contribution in [0.15, 0.2) is 24.3 Å². The van der Waals surface area contributed by atoms with Gasteiger partial charge < -0.3 is 10.1 Å². The van der Waals surface area contributed by atoms with Crippen molar-refractivity contribution in [1.29, 1.82) is 0 Å². The molecule has 4 heteroatoms. The number of halogens is 1. The zero-order valence-electron chi connectivity index (χ0n) is 11.4. The molecule has 0 saturated heterocycles. The van der Waals surface area contributed by atoms with Gasteiger partial charge >= 0.3 is 0 Å². The van der Waals surface area contributed by atoms with E-state index < -0.39 is 5.41 Å². The lowest BCUT2D eigenvalue weighted by molar-refractivity contribution is -0.124. The second kappa shape index (κ2) is 5.70. The monoisotopic (exact) mass is 265 g/mol. The van der Waals surface area contributed by atoms with E-state index in [9.17, 15) is 9.18 Å². The lowest BCUT2D eigenvalue weighted by Gasteiger charge is -2.17. The first-order valence-corrected chi connectivity index (χ1v) is 6.71. The molecule has 0 aliphatic heterocycles. The fourth-order valence-electron chi connectivity index (χ4n) is 2.22. The normalized spacial score (nSPS) is 16.4. The molecule has 1 N–H and O–H groups in total. The van der Waals surface area contributed by atoms with Crippen molar-refractivity contribution in [1.82, 2.24) is 5.32 Å². The molecule has 3 nitrogen and oxygen atoms in total. The Hall–Kier alpha value is -1.42. The Labute approximate surface area is 113 Å². The summed E-state index contributed by atoms with van der Waals surface area (Å²) < 4.78 is 19.1. The number of carbonyl (C=O) groups excluding carboxylic acids is 1. The number of benzene rings is 1. The van der Waals surface area contributed by atoms with Gasteiger partial charge in [-0.2, -0.15) is 0 Å². The first-order valence-electron chi connectivity index (χ1n) is 6.71. The van der Waals surface area contributed by atoms with Gasteiger partial charge in [0.1, 0.15) is 5.82 Å². The molecule has 0 spiro atoms. The Morgan fingerprint density at radius 1 is 1.42 bits per heavy atom. The molecular weight excluding hydrogens is 245 g/mol. The summed E-state index contributed by atoms with van der Waals surface area (Å²) in [5.41, 5.74) is -0.138. The van der Waals surface area contributed by atoms with Crippen molar-refractivity contribution in [2.45, 2.75) is 38.2 Å². The van der Waals surface area contributed by atoms with Gasteiger partial charge in [-0.3, -0.25) is 4.79 Å². The molecule has 1 aromatic carbocycles.